The van der Waals surface area contributed by atoms with E-state index < -0.39 is 35.5 Å². The number of H-pyrrole nitrogens is 1. The number of halogens is 1. The van der Waals surface area contributed by atoms with E-state index in [9.17, 15) is 14.0 Å². The van der Waals surface area contributed by atoms with Crippen molar-refractivity contribution >= 4 is 0 Å². The number of nitrogens with one attached hydrogen (secondary N) is 1. The lowest BCUT2D eigenvalue weighted by Gasteiger charge is -2.17. The van der Waals surface area contributed by atoms with Crippen molar-refractivity contribution in [2.45, 2.75) is 24.5 Å². The molecule has 2 aliphatic rings. The highest BCUT2D eigenvalue weighted by Gasteiger charge is 2.58. The molecule has 2 aliphatic heterocycles. The van der Waals surface area contributed by atoms with E-state index in [-0.39, 0.29) is 12.6 Å². The van der Waals surface area contributed by atoms with E-state index in [1.807, 2.05) is 4.98 Å². The maximum absolute atomic E-state index is 13.2. The number of hydrogen-bond acceptors (Lipinski definition) is 5. The van der Waals surface area contributed by atoms with Gasteiger partial charge >= 0.3 is 5.69 Å². The summed E-state index contributed by atoms with van der Waals surface area (Å²) >= 11 is 0. The average Bonchev–Trinajstić information content (AvgIpc) is 3.09. The highest BCUT2D eigenvalue weighted by atomic mass is 19.1. The van der Waals surface area contributed by atoms with Crippen molar-refractivity contribution < 1.29 is 13.9 Å². The van der Waals surface area contributed by atoms with Gasteiger partial charge in [0.2, 0.25) is 5.82 Å². The first-order chi connectivity index (χ1) is 9.11. The largest absolute Gasteiger partial charge is 0.362 e. The molecule has 19 heavy (non-hydrogen) atoms. The number of epoxide rings is 1. The number of aromatic nitrogens is 2. The van der Waals surface area contributed by atoms with Crippen LogP contribution in [0.3, 0.4) is 0 Å². The van der Waals surface area contributed by atoms with E-state index >= 15 is 0 Å². The average molecular weight is 269 g/mol. The summed E-state index contributed by atoms with van der Waals surface area (Å²) in [5.41, 5.74) is 6.37. The smallest absolute Gasteiger partial charge is 0.330 e. The van der Waals surface area contributed by atoms with Crippen LogP contribution in [0, 0.1) is 5.82 Å². The lowest BCUT2D eigenvalue weighted by atomic mass is 10.2. The highest BCUT2D eigenvalue weighted by molar-refractivity contribution is 5.04. The highest BCUT2D eigenvalue weighted by Crippen LogP contribution is 2.44. The Labute approximate surface area is 104 Å². The predicted octanol–water partition coefficient (Wildman–Crippen LogP) is -0.349. The van der Waals surface area contributed by atoms with Crippen molar-refractivity contribution in [2.24, 2.45) is 5.11 Å². The molecule has 0 amide bonds. The van der Waals surface area contributed by atoms with Gasteiger partial charge in [-0.1, -0.05) is 5.11 Å². The minimum atomic E-state index is -1.09. The van der Waals surface area contributed by atoms with Gasteiger partial charge in [-0.3, -0.25) is 14.3 Å². The first kappa shape index (κ1) is 11.9. The molecule has 0 aromatic carbocycles. The van der Waals surface area contributed by atoms with Gasteiger partial charge < -0.3 is 9.47 Å². The van der Waals surface area contributed by atoms with E-state index in [2.05, 4.69) is 10.0 Å². The Hall–Kier alpha value is -2.16. The topological polar surface area (TPSA) is 125 Å². The minimum absolute atomic E-state index is 0.0642. The summed E-state index contributed by atoms with van der Waals surface area (Å²) in [6.45, 7) is 0.0642. The molecule has 0 bridgehead atoms. The van der Waals surface area contributed by atoms with Gasteiger partial charge in [-0.05, 0) is 5.53 Å². The van der Waals surface area contributed by atoms with Crippen LogP contribution in [0.2, 0.25) is 0 Å². The van der Waals surface area contributed by atoms with Crippen LogP contribution in [0.1, 0.15) is 6.23 Å². The molecular weight excluding hydrogens is 261 g/mol. The van der Waals surface area contributed by atoms with Gasteiger partial charge in [-0.2, -0.15) is 4.39 Å². The number of aromatic amines is 1. The zero-order valence-corrected chi connectivity index (χ0v) is 9.39. The van der Waals surface area contributed by atoms with Crippen LogP contribution >= 0.6 is 0 Å². The third-order valence-electron chi connectivity index (χ3n) is 3.05. The molecular formula is C9H8FN5O4. The van der Waals surface area contributed by atoms with Gasteiger partial charge in [0, 0.05) is 4.91 Å². The Morgan fingerprint density at radius 2 is 2.26 bits per heavy atom. The molecule has 1 aromatic heterocycles. The second-order valence-electron chi connectivity index (χ2n) is 4.19. The van der Waals surface area contributed by atoms with E-state index in [0.29, 0.717) is 0 Å². The fraction of sp³-hybridized carbons (Fsp3) is 0.556. The van der Waals surface area contributed by atoms with Crippen LogP contribution in [0.15, 0.2) is 20.9 Å². The van der Waals surface area contributed by atoms with Gasteiger partial charge in [0.05, 0.1) is 18.8 Å². The number of ether oxygens (including phenoxy) is 2. The second kappa shape index (κ2) is 4.19. The molecule has 4 atom stereocenters. The van der Waals surface area contributed by atoms with Crippen molar-refractivity contribution in [2.75, 3.05) is 6.54 Å². The summed E-state index contributed by atoms with van der Waals surface area (Å²) in [6.07, 6.45) is -1.21. The minimum Gasteiger partial charge on any atom is -0.362 e. The lowest BCUT2D eigenvalue weighted by Crippen LogP contribution is -2.36. The predicted molar refractivity (Wildman–Crippen MR) is 57.9 cm³/mol. The summed E-state index contributed by atoms with van der Waals surface area (Å²) < 4.78 is 24.9. The molecule has 1 N–H and O–H groups in total. The van der Waals surface area contributed by atoms with Crippen molar-refractivity contribution in [1.82, 2.24) is 9.55 Å². The number of fused-ring (bicyclic) bond motifs is 1. The van der Waals surface area contributed by atoms with Crippen molar-refractivity contribution in [3.63, 3.8) is 0 Å². The first-order valence-corrected chi connectivity index (χ1v) is 5.44. The van der Waals surface area contributed by atoms with E-state index in [1.165, 1.54) is 0 Å². The van der Waals surface area contributed by atoms with E-state index in [1.54, 1.807) is 0 Å². The Kier molecular flexibility index (Phi) is 2.63. The fourth-order valence-electron chi connectivity index (χ4n) is 2.14. The van der Waals surface area contributed by atoms with Gasteiger partial charge in [0.1, 0.15) is 12.2 Å². The lowest BCUT2D eigenvalue weighted by molar-refractivity contribution is -0.0648. The van der Waals surface area contributed by atoms with Crippen molar-refractivity contribution in [1.29, 1.82) is 0 Å². The number of hydrogen-bond donors (Lipinski definition) is 1. The van der Waals surface area contributed by atoms with E-state index in [4.69, 9.17) is 15.0 Å². The summed E-state index contributed by atoms with van der Waals surface area (Å²) in [5, 5.41) is 3.37. The van der Waals surface area contributed by atoms with Crippen molar-refractivity contribution in [3.8, 4) is 0 Å². The molecule has 3 rings (SSSR count). The molecule has 100 valence electrons. The Balaban J connectivity index is 1.89. The molecule has 0 unspecified atom stereocenters. The third kappa shape index (κ3) is 1.91. The maximum Gasteiger partial charge on any atom is 0.330 e. The molecule has 3 heterocycles. The van der Waals surface area contributed by atoms with Gasteiger partial charge in [-0.15, -0.1) is 0 Å². The second-order valence-corrected chi connectivity index (χ2v) is 4.19. The molecule has 9 nitrogen and oxygen atoms in total. The molecule has 0 aliphatic carbocycles. The summed E-state index contributed by atoms with van der Waals surface area (Å²) in [4.78, 5) is 27.0. The molecule has 0 radical (unpaired) electrons. The van der Waals surface area contributed by atoms with Crippen LogP contribution in [0.4, 0.5) is 4.39 Å². The molecule has 2 fully saturated rings. The van der Waals surface area contributed by atoms with Crippen LogP contribution in [0.25, 0.3) is 10.4 Å². The van der Waals surface area contributed by atoms with E-state index in [0.717, 1.165) is 10.8 Å². The summed E-state index contributed by atoms with van der Waals surface area (Å²) in [7, 11) is 0. The Morgan fingerprint density at radius 1 is 1.47 bits per heavy atom. The molecule has 1 aromatic rings. The van der Waals surface area contributed by atoms with Gasteiger partial charge in [0.15, 0.2) is 6.23 Å². The van der Waals surface area contributed by atoms with Gasteiger partial charge in [0.25, 0.3) is 5.56 Å². The van der Waals surface area contributed by atoms with Crippen LogP contribution in [-0.2, 0) is 9.47 Å². The molecule has 0 spiro atoms. The Morgan fingerprint density at radius 3 is 3.00 bits per heavy atom. The summed E-state index contributed by atoms with van der Waals surface area (Å²) in [6, 6.07) is 0. The number of azide groups is 1. The maximum atomic E-state index is 13.2. The van der Waals surface area contributed by atoms with Crippen LogP contribution < -0.4 is 11.2 Å². The quantitative estimate of drug-likeness (QED) is 0.348. The molecule has 10 heteroatoms. The summed E-state index contributed by atoms with van der Waals surface area (Å²) in [5.74, 6) is -1.08. The molecule has 2 saturated heterocycles. The standard InChI is InChI=1S/C9H8FN5O4/c10-3-2-15(9(17)13-7(3)16)8-6-5(19-6)4(18-8)1-12-14-11/h2,4-6,8H,1H2,(H,13,16,17)/t4-,5-,6-,8-/m1/s1. The Bertz CT molecular complexity index is 678. The zero-order chi connectivity index (χ0) is 13.6. The molecule has 0 saturated carbocycles. The SMILES string of the molecule is [N-]=[N+]=NC[C@H]1O[C@@H](n2cc(F)c(=O)[nH]c2=O)[C@@H]2O[C@@H]21. The first-order valence-electron chi connectivity index (χ1n) is 5.44. The fourth-order valence-corrected chi connectivity index (χ4v) is 2.14. The number of nitrogens with zero attached hydrogens (tertiary/aromatic N) is 4. The third-order valence-corrected chi connectivity index (χ3v) is 3.05. The van der Waals surface area contributed by atoms with Crippen molar-refractivity contribution in [3.05, 3.63) is 43.3 Å². The monoisotopic (exact) mass is 269 g/mol. The normalized spacial score (nSPS) is 31.6. The zero-order valence-electron chi connectivity index (χ0n) is 9.39. The van der Waals surface area contributed by atoms with Crippen LogP contribution in [-0.4, -0.2) is 34.4 Å². The number of rotatable bonds is 3. The van der Waals surface area contributed by atoms with Crippen LogP contribution in [0.5, 0.6) is 0 Å². The van der Waals surface area contributed by atoms with Gasteiger partial charge in [-0.25, -0.2) is 4.79 Å².